The molecule has 0 aliphatic carbocycles. The molecule has 0 radical (unpaired) electrons. The van der Waals surface area contributed by atoms with Gasteiger partial charge in [0.2, 0.25) is 0 Å². The normalized spacial score (nSPS) is 13.5. The number of aliphatic hydroxyl groups excluding tert-OH is 1. The number of carbonyl (C=O) groups is 1. The van der Waals surface area contributed by atoms with Crippen LogP contribution in [-0.4, -0.2) is 33.4 Å². The van der Waals surface area contributed by atoms with Gasteiger partial charge in [0.25, 0.3) is 5.91 Å². The van der Waals surface area contributed by atoms with Crippen LogP contribution in [0.1, 0.15) is 69.9 Å². The zero-order valence-electron chi connectivity index (χ0n) is 14.1. The molecule has 1 rings (SSSR count). The van der Waals surface area contributed by atoms with Gasteiger partial charge in [-0.15, -0.1) is 0 Å². The van der Waals surface area contributed by atoms with Gasteiger partial charge < -0.3 is 10.4 Å². The molecule has 2 N–H and O–H groups in total. The molecule has 0 saturated carbocycles. The van der Waals surface area contributed by atoms with Gasteiger partial charge in [-0.2, -0.15) is 5.10 Å². The Balaban J connectivity index is 2.90. The first-order valence-corrected chi connectivity index (χ1v) is 7.67. The van der Waals surface area contributed by atoms with Crippen LogP contribution in [0.5, 0.6) is 0 Å². The van der Waals surface area contributed by atoms with E-state index in [9.17, 15) is 9.90 Å². The van der Waals surface area contributed by atoms with Gasteiger partial charge in [-0.05, 0) is 24.7 Å². The molecule has 0 aromatic carbocycles. The number of rotatable bonds is 6. The minimum absolute atomic E-state index is 0.0507. The number of nitrogens with one attached hydrogen (secondary N) is 1. The van der Waals surface area contributed by atoms with E-state index in [2.05, 4.69) is 31.2 Å². The second-order valence-corrected chi connectivity index (χ2v) is 7.06. The van der Waals surface area contributed by atoms with Crippen molar-refractivity contribution >= 4 is 5.91 Å². The molecule has 0 aliphatic rings. The maximum absolute atomic E-state index is 12.5. The highest BCUT2D eigenvalue weighted by molar-refractivity contribution is 5.95. The summed E-state index contributed by atoms with van der Waals surface area (Å²) in [6, 6.07) is -0.234. The largest absolute Gasteiger partial charge is 0.394 e. The van der Waals surface area contributed by atoms with Gasteiger partial charge in [-0.1, -0.05) is 34.6 Å². The zero-order chi connectivity index (χ0) is 16.2. The third-order valence-corrected chi connectivity index (χ3v) is 3.32. The molecule has 1 aromatic heterocycles. The number of amides is 1. The summed E-state index contributed by atoms with van der Waals surface area (Å²) in [6.45, 7) is 13.0. The lowest BCUT2D eigenvalue weighted by Crippen LogP contribution is -2.40. The highest BCUT2D eigenvalue weighted by atomic mass is 16.3. The van der Waals surface area contributed by atoms with Gasteiger partial charge >= 0.3 is 0 Å². The van der Waals surface area contributed by atoms with E-state index in [1.54, 1.807) is 10.9 Å². The standard InChI is InChI=1S/C16H29N3O2/c1-7-19-9-13(14(18-19)11(2)3)15(21)17-12(10-20)8-16(4,5)6/h9,11-12,20H,7-8,10H2,1-6H3,(H,17,21). The summed E-state index contributed by atoms with van der Waals surface area (Å²) in [5.41, 5.74) is 1.47. The molecule has 0 bridgehead atoms. The predicted molar refractivity (Wildman–Crippen MR) is 84.4 cm³/mol. The topological polar surface area (TPSA) is 67.2 Å². The van der Waals surface area contributed by atoms with E-state index in [0.29, 0.717) is 5.56 Å². The fourth-order valence-corrected chi connectivity index (χ4v) is 2.36. The maximum atomic E-state index is 12.5. The van der Waals surface area contributed by atoms with Gasteiger partial charge in [-0.25, -0.2) is 0 Å². The van der Waals surface area contributed by atoms with Crippen molar-refractivity contribution in [2.75, 3.05) is 6.61 Å². The quantitative estimate of drug-likeness (QED) is 0.847. The molecule has 21 heavy (non-hydrogen) atoms. The predicted octanol–water partition coefficient (Wildman–Crippen LogP) is 2.55. The van der Waals surface area contributed by atoms with Crippen molar-refractivity contribution in [2.24, 2.45) is 5.41 Å². The minimum atomic E-state index is -0.234. The van der Waals surface area contributed by atoms with E-state index in [1.165, 1.54) is 0 Å². The molecule has 1 atom stereocenters. The Kier molecular flexibility index (Phi) is 5.96. The van der Waals surface area contributed by atoms with Crippen LogP contribution in [0.2, 0.25) is 0 Å². The number of aryl methyl sites for hydroxylation is 1. The molecule has 5 heteroatoms. The lowest BCUT2D eigenvalue weighted by Gasteiger charge is -2.25. The Morgan fingerprint density at radius 3 is 2.48 bits per heavy atom. The number of aliphatic hydroxyl groups is 1. The molecule has 1 aromatic rings. The van der Waals surface area contributed by atoms with Crippen LogP contribution >= 0.6 is 0 Å². The number of nitrogens with zero attached hydrogens (tertiary/aromatic N) is 2. The molecular formula is C16H29N3O2. The van der Waals surface area contributed by atoms with Crippen molar-refractivity contribution < 1.29 is 9.90 Å². The fraction of sp³-hybridized carbons (Fsp3) is 0.750. The Hall–Kier alpha value is -1.36. The molecule has 0 saturated heterocycles. The van der Waals surface area contributed by atoms with Crippen LogP contribution in [0.3, 0.4) is 0 Å². The number of carbonyl (C=O) groups excluding carboxylic acids is 1. The van der Waals surface area contributed by atoms with Crippen molar-refractivity contribution in [3.63, 3.8) is 0 Å². The first-order chi connectivity index (χ1) is 9.67. The minimum Gasteiger partial charge on any atom is -0.394 e. The first kappa shape index (κ1) is 17.7. The van der Waals surface area contributed by atoms with Gasteiger partial charge in [0.05, 0.1) is 23.9 Å². The summed E-state index contributed by atoms with van der Waals surface area (Å²) in [7, 11) is 0. The molecule has 0 aliphatic heterocycles. The molecule has 0 fully saturated rings. The molecule has 1 unspecified atom stereocenters. The van der Waals surface area contributed by atoms with E-state index in [0.717, 1.165) is 18.7 Å². The van der Waals surface area contributed by atoms with Crippen LogP contribution < -0.4 is 5.32 Å². The van der Waals surface area contributed by atoms with Gasteiger partial charge in [0.15, 0.2) is 0 Å². The fourth-order valence-electron chi connectivity index (χ4n) is 2.36. The van der Waals surface area contributed by atoms with Gasteiger partial charge in [0.1, 0.15) is 0 Å². The summed E-state index contributed by atoms with van der Waals surface area (Å²) < 4.78 is 1.78. The Labute approximate surface area is 127 Å². The molecular weight excluding hydrogens is 266 g/mol. The summed E-state index contributed by atoms with van der Waals surface area (Å²) in [4.78, 5) is 12.5. The molecule has 5 nitrogen and oxygen atoms in total. The molecule has 120 valence electrons. The van der Waals surface area contributed by atoms with Crippen molar-refractivity contribution in [1.82, 2.24) is 15.1 Å². The second kappa shape index (κ2) is 7.07. The SMILES string of the molecule is CCn1cc(C(=O)NC(CO)CC(C)(C)C)c(C(C)C)n1. The second-order valence-electron chi connectivity index (χ2n) is 7.06. The van der Waals surface area contributed by atoms with Crippen LogP contribution in [0, 0.1) is 5.41 Å². The highest BCUT2D eigenvalue weighted by Crippen LogP contribution is 2.22. The van der Waals surface area contributed by atoms with Gasteiger partial charge in [-0.3, -0.25) is 9.48 Å². The summed E-state index contributed by atoms with van der Waals surface area (Å²) >= 11 is 0. The first-order valence-electron chi connectivity index (χ1n) is 7.67. The van der Waals surface area contributed by atoms with Crippen LogP contribution in [-0.2, 0) is 6.54 Å². The summed E-state index contributed by atoms with van der Waals surface area (Å²) in [6.07, 6.45) is 2.52. The van der Waals surface area contributed by atoms with Crippen LogP contribution in [0.25, 0.3) is 0 Å². The lowest BCUT2D eigenvalue weighted by molar-refractivity contribution is 0.0896. The van der Waals surface area contributed by atoms with Crippen molar-refractivity contribution in [2.45, 2.75) is 66.5 Å². The van der Waals surface area contributed by atoms with E-state index in [-0.39, 0.29) is 29.9 Å². The maximum Gasteiger partial charge on any atom is 0.255 e. The van der Waals surface area contributed by atoms with Crippen molar-refractivity contribution in [3.8, 4) is 0 Å². The zero-order valence-corrected chi connectivity index (χ0v) is 14.1. The van der Waals surface area contributed by atoms with Crippen LogP contribution in [0.15, 0.2) is 6.20 Å². The molecule has 1 amide bonds. The summed E-state index contributed by atoms with van der Waals surface area (Å²) in [5.74, 6) is 0.0374. The Bertz CT molecular complexity index is 472. The smallest absolute Gasteiger partial charge is 0.255 e. The molecule has 1 heterocycles. The highest BCUT2D eigenvalue weighted by Gasteiger charge is 2.23. The van der Waals surface area contributed by atoms with E-state index >= 15 is 0 Å². The third kappa shape index (κ3) is 5.16. The average molecular weight is 295 g/mol. The Morgan fingerprint density at radius 2 is 2.05 bits per heavy atom. The lowest BCUT2D eigenvalue weighted by atomic mass is 9.88. The third-order valence-electron chi connectivity index (χ3n) is 3.32. The Morgan fingerprint density at radius 1 is 1.43 bits per heavy atom. The number of hydrogen-bond acceptors (Lipinski definition) is 3. The van der Waals surface area contributed by atoms with E-state index < -0.39 is 0 Å². The monoisotopic (exact) mass is 295 g/mol. The van der Waals surface area contributed by atoms with E-state index in [4.69, 9.17) is 0 Å². The van der Waals surface area contributed by atoms with Gasteiger partial charge in [0, 0.05) is 12.7 Å². The van der Waals surface area contributed by atoms with Crippen molar-refractivity contribution in [3.05, 3.63) is 17.5 Å². The van der Waals surface area contributed by atoms with Crippen molar-refractivity contribution in [1.29, 1.82) is 0 Å². The van der Waals surface area contributed by atoms with E-state index in [1.807, 2.05) is 20.8 Å². The average Bonchev–Trinajstić information content (AvgIpc) is 2.80. The number of hydrogen-bond donors (Lipinski definition) is 2. The van der Waals surface area contributed by atoms with Crippen LogP contribution in [0.4, 0.5) is 0 Å². The number of aromatic nitrogens is 2. The molecule has 0 spiro atoms. The summed E-state index contributed by atoms with van der Waals surface area (Å²) in [5, 5.41) is 16.9.